The summed E-state index contributed by atoms with van der Waals surface area (Å²) in [4.78, 5) is 14.7. The molecule has 1 unspecified atom stereocenters. The highest BCUT2D eigenvalue weighted by Gasteiger charge is 2.33. The highest BCUT2D eigenvalue weighted by molar-refractivity contribution is 6.00. The monoisotopic (exact) mass is 374 g/mol. The molecule has 3 aromatic rings. The number of nitrogens with one attached hydrogen (secondary N) is 1. The minimum absolute atomic E-state index is 0.167. The van der Waals surface area contributed by atoms with Crippen LogP contribution in [0.5, 0.6) is 0 Å². The molecule has 3 N–H and O–H groups in total. The van der Waals surface area contributed by atoms with Crippen LogP contribution in [0.4, 0.5) is 19.0 Å². The molecule has 1 aliphatic heterocycles. The van der Waals surface area contributed by atoms with Crippen LogP contribution in [0.3, 0.4) is 0 Å². The van der Waals surface area contributed by atoms with Gasteiger partial charge in [-0.2, -0.15) is 18.3 Å². The van der Waals surface area contributed by atoms with Gasteiger partial charge >= 0.3 is 6.18 Å². The van der Waals surface area contributed by atoms with E-state index in [1.54, 1.807) is 23.1 Å². The molecule has 0 radical (unpaired) electrons. The number of nitrogens with zero attached hydrogens (tertiary/aromatic N) is 2. The Balaban J connectivity index is 1.62. The standard InChI is InChI=1S/C19H17F3N4O/c20-19(21,22)13-6-3-11(4-7-13)16-2-1-9-26(16)18(27)12-5-8-15-14(10-12)17(23)25-24-15/h3-8,10,16H,1-2,9H2,(H3,23,24,25). The van der Waals surface area contributed by atoms with E-state index in [2.05, 4.69) is 10.2 Å². The second-order valence-electron chi connectivity index (χ2n) is 6.65. The molecule has 1 aromatic heterocycles. The summed E-state index contributed by atoms with van der Waals surface area (Å²) >= 11 is 0. The average molecular weight is 374 g/mol. The van der Waals surface area contributed by atoms with E-state index < -0.39 is 11.7 Å². The molecular weight excluding hydrogens is 357 g/mol. The molecule has 0 aliphatic carbocycles. The molecule has 2 heterocycles. The number of anilines is 1. The number of rotatable bonds is 2. The number of likely N-dealkylation sites (tertiary alicyclic amines) is 1. The predicted octanol–water partition coefficient (Wildman–Crippen LogP) is 4.14. The van der Waals surface area contributed by atoms with E-state index in [-0.39, 0.29) is 11.9 Å². The van der Waals surface area contributed by atoms with Crippen molar-refractivity contribution in [2.45, 2.75) is 25.1 Å². The Morgan fingerprint density at radius 1 is 1.19 bits per heavy atom. The topological polar surface area (TPSA) is 75.0 Å². The minimum Gasteiger partial charge on any atom is -0.382 e. The fourth-order valence-electron chi connectivity index (χ4n) is 3.58. The van der Waals surface area contributed by atoms with Gasteiger partial charge in [0.1, 0.15) is 0 Å². The normalized spacial score (nSPS) is 17.6. The molecule has 1 saturated heterocycles. The fraction of sp³-hybridized carbons (Fsp3) is 0.263. The van der Waals surface area contributed by atoms with Crippen LogP contribution in [-0.4, -0.2) is 27.5 Å². The molecule has 0 spiro atoms. The first-order valence-electron chi connectivity index (χ1n) is 8.56. The summed E-state index contributed by atoms with van der Waals surface area (Å²) in [6.45, 7) is 0.559. The number of carbonyl (C=O) groups is 1. The Morgan fingerprint density at radius 3 is 2.63 bits per heavy atom. The predicted molar refractivity (Wildman–Crippen MR) is 95.0 cm³/mol. The maximum Gasteiger partial charge on any atom is 0.416 e. The average Bonchev–Trinajstić information content (AvgIpc) is 3.27. The third-order valence-electron chi connectivity index (χ3n) is 4.98. The first kappa shape index (κ1) is 17.4. The number of nitrogens with two attached hydrogens (primary N) is 1. The van der Waals surface area contributed by atoms with E-state index in [0.29, 0.717) is 35.3 Å². The van der Waals surface area contributed by atoms with Crippen molar-refractivity contribution < 1.29 is 18.0 Å². The summed E-state index contributed by atoms with van der Waals surface area (Å²) in [7, 11) is 0. The van der Waals surface area contributed by atoms with Crippen LogP contribution in [0.25, 0.3) is 10.9 Å². The van der Waals surface area contributed by atoms with E-state index in [1.165, 1.54) is 12.1 Å². The van der Waals surface area contributed by atoms with Crippen molar-refractivity contribution >= 4 is 22.6 Å². The number of carbonyl (C=O) groups excluding carboxylic acids is 1. The maximum atomic E-state index is 13.0. The number of alkyl halides is 3. The Bertz CT molecular complexity index is 994. The molecule has 8 heteroatoms. The highest BCUT2D eigenvalue weighted by atomic mass is 19.4. The van der Waals surface area contributed by atoms with Gasteiger partial charge in [-0.05, 0) is 48.7 Å². The van der Waals surface area contributed by atoms with E-state index in [4.69, 9.17) is 5.73 Å². The van der Waals surface area contributed by atoms with Crippen molar-refractivity contribution in [2.75, 3.05) is 12.3 Å². The van der Waals surface area contributed by atoms with Crippen LogP contribution in [0, 0.1) is 0 Å². The van der Waals surface area contributed by atoms with Gasteiger partial charge in [-0.25, -0.2) is 0 Å². The first-order valence-corrected chi connectivity index (χ1v) is 8.56. The summed E-state index contributed by atoms with van der Waals surface area (Å²) in [5.74, 6) is 0.153. The molecule has 140 valence electrons. The number of nitrogen functional groups attached to an aromatic ring is 1. The summed E-state index contributed by atoms with van der Waals surface area (Å²) in [6, 6.07) is 9.94. The van der Waals surface area contributed by atoms with Crippen molar-refractivity contribution in [1.82, 2.24) is 15.1 Å². The van der Waals surface area contributed by atoms with Gasteiger partial charge in [-0.1, -0.05) is 12.1 Å². The maximum absolute atomic E-state index is 13.0. The molecular formula is C19H17F3N4O. The number of hydrogen-bond acceptors (Lipinski definition) is 3. The number of fused-ring (bicyclic) bond motifs is 1. The Morgan fingerprint density at radius 2 is 1.93 bits per heavy atom. The number of halogens is 3. The van der Waals surface area contributed by atoms with Gasteiger partial charge in [0, 0.05) is 17.5 Å². The summed E-state index contributed by atoms with van der Waals surface area (Å²) in [6.07, 6.45) is -2.86. The molecule has 1 amide bonds. The van der Waals surface area contributed by atoms with E-state index in [1.807, 2.05) is 0 Å². The number of aromatic amines is 1. The van der Waals surface area contributed by atoms with Crippen LogP contribution in [0.15, 0.2) is 42.5 Å². The lowest BCUT2D eigenvalue weighted by Crippen LogP contribution is -2.30. The summed E-state index contributed by atoms with van der Waals surface area (Å²) in [5, 5.41) is 7.38. The van der Waals surface area contributed by atoms with Gasteiger partial charge in [0.25, 0.3) is 5.91 Å². The van der Waals surface area contributed by atoms with Crippen molar-refractivity contribution in [3.8, 4) is 0 Å². The van der Waals surface area contributed by atoms with Crippen LogP contribution < -0.4 is 5.73 Å². The quantitative estimate of drug-likeness (QED) is 0.708. The van der Waals surface area contributed by atoms with Gasteiger partial charge < -0.3 is 10.6 Å². The number of benzene rings is 2. The summed E-state index contributed by atoms with van der Waals surface area (Å²) in [5.41, 5.74) is 7.04. The molecule has 1 atom stereocenters. The Labute approximate surface area is 153 Å². The molecule has 0 saturated carbocycles. The zero-order chi connectivity index (χ0) is 19.2. The minimum atomic E-state index is -4.37. The SMILES string of the molecule is Nc1n[nH]c2ccc(C(=O)N3CCCC3c3ccc(C(F)(F)F)cc3)cc12. The molecule has 27 heavy (non-hydrogen) atoms. The zero-order valence-electron chi connectivity index (χ0n) is 14.3. The smallest absolute Gasteiger partial charge is 0.382 e. The zero-order valence-corrected chi connectivity index (χ0v) is 14.3. The lowest BCUT2D eigenvalue weighted by atomic mass is 10.0. The van der Waals surface area contributed by atoms with Gasteiger partial charge in [-0.3, -0.25) is 9.89 Å². The van der Waals surface area contributed by atoms with Gasteiger partial charge in [0.15, 0.2) is 5.82 Å². The molecule has 1 aliphatic rings. The highest BCUT2D eigenvalue weighted by Crippen LogP contribution is 2.36. The van der Waals surface area contributed by atoms with Crippen LogP contribution in [0.1, 0.15) is 40.4 Å². The number of H-pyrrole nitrogens is 1. The van der Waals surface area contributed by atoms with Crippen LogP contribution in [-0.2, 0) is 6.18 Å². The van der Waals surface area contributed by atoms with E-state index in [9.17, 15) is 18.0 Å². The largest absolute Gasteiger partial charge is 0.416 e. The Kier molecular flexibility index (Phi) is 4.05. The van der Waals surface area contributed by atoms with Gasteiger partial charge in [0.05, 0.1) is 17.1 Å². The fourth-order valence-corrected chi connectivity index (χ4v) is 3.58. The van der Waals surface area contributed by atoms with Crippen molar-refractivity contribution in [1.29, 1.82) is 0 Å². The Hall–Kier alpha value is -3.03. The lowest BCUT2D eigenvalue weighted by molar-refractivity contribution is -0.137. The number of aromatic nitrogens is 2. The number of amides is 1. The first-order chi connectivity index (χ1) is 12.8. The second kappa shape index (κ2) is 6.29. The van der Waals surface area contributed by atoms with Crippen LogP contribution in [0.2, 0.25) is 0 Å². The lowest BCUT2D eigenvalue weighted by Gasteiger charge is -2.25. The third kappa shape index (κ3) is 3.11. The molecule has 5 nitrogen and oxygen atoms in total. The summed E-state index contributed by atoms with van der Waals surface area (Å²) < 4.78 is 38.3. The molecule has 1 fully saturated rings. The van der Waals surface area contributed by atoms with E-state index in [0.717, 1.165) is 24.1 Å². The van der Waals surface area contributed by atoms with E-state index >= 15 is 0 Å². The molecule has 2 aromatic carbocycles. The second-order valence-corrected chi connectivity index (χ2v) is 6.65. The van der Waals surface area contributed by atoms with Crippen molar-refractivity contribution in [2.24, 2.45) is 0 Å². The van der Waals surface area contributed by atoms with Crippen molar-refractivity contribution in [3.05, 3.63) is 59.2 Å². The van der Waals surface area contributed by atoms with Gasteiger partial charge in [0.2, 0.25) is 0 Å². The number of hydrogen-bond donors (Lipinski definition) is 2. The van der Waals surface area contributed by atoms with Gasteiger partial charge in [-0.15, -0.1) is 0 Å². The van der Waals surface area contributed by atoms with Crippen LogP contribution >= 0.6 is 0 Å². The van der Waals surface area contributed by atoms with Crippen molar-refractivity contribution in [3.63, 3.8) is 0 Å². The molecule has 4 rings (SSSR count). The third-order valence-corrected chi connectivity index (χ3v) is 4.98. The molecule has 0 bridgehead atoms.